The van der Waals surface area contributed by atoms with E-state index in [-0.39, 0.29) is 11.9 Å². The van der Waals surface area contributed by atoms with Gasteiger partial charge in [-0.05, 0) is 43.5 Å². The van der Waals surface area contributed by atoms with E-state index in [1.807, 2.05) is 24.0 Å². The quantitative estimate of drug-likeness (QED) is 0.879. The number of benzene rings is 1. The third kappa shape index (κ3) is 3.42. The summed E-state index contributed by atoms with van der Waals surface area (Å²) >= 11 is 0. The van der Waals surface area contributed by atoms with E-state index >= 15 is 0 Å². The number of aromatic nitrogens is 2. The first-order chi connectivity index (χ1) is 11.6. The lowest BCUT2D eigenvalue weighted by atomic mass is 10.1. The van der Waals surface area contributed by atoms with E-state index in [0.717, 1.165) is 49.4 Å². The molecule has 6 nitrogen and oxygen atoms in total. The molecule has 1 amide bonds. The molecule has 3 rings (SSSR count). The van der Waals surface area contributed by atoms with Crippen molar-refractivity contribution in [2.45, 2.75) is 52.5 Å². The Kier molecular flexibility index (Phi) is 4.83. The molecule has 0 spiro atoms. The van der Waals surface area contributed by atoms with Gasteiger partial charge in [0.25, 0.3) is 0 Å². The van der Waals surface area contributed by atoms with Crippen LogP contribution >= 0.6 is 0 Å². The minimum Gasteiger partial charge on any atom is -0.374 e. The first kappa shape index (κ1) is 16.5. The Morgan fingerprint density at radius 3 is 3.04 bits per heavy atom. The first-order valence-electron chi connectivity index (χ1n) is 8.58. The smallest absolute Gasteiger partial charge is 0.248 e. The van der Waals surface area contributed by atoms with Crippen molar-refractivity contribution >= 4 is 17.3 Å². The summed E-state index contributed by atoms with van der Waals surface area (Å²) in [6.07, 6.45) is 3.93. The Morgan fingerprint density at radius 2 is 2.29 bits per heavy atom. The highest BCUT2D eigenvalue weighted by atomic mass is 16.5. The maximum absolute atomic E-state index is 11.6. The van der Waals surface area contributed by atoms with Crippen molar-refractivity contribution in [3.8, 4) is 0 Å². The predicted octanol–water partition coefficient (Wildman–Crippen LogP) is 3.49. The third-order valence-corrected chi connectivity index (χ3v) is 4.35. The van der Waals surface area contributed by atoms with Crippen molar-refractivity contribution in [3.05, 3.63) is 35.5 Å². The van der Waals surface area contributed by atoms with Crippen LogP contribution in [0.15, 0.2) is 22.7 Å². The fourth-order valence-electron chi connectivity index (χ4n) is 3.01. The molecule has 128 valence electrons. The van der Waals surface area contributed by atoms with Crippen LogP contribution in [0.3, 0.4) is 0 Å². The van der Waals surface area contributed by atoms with Crippen LogP contribution in [0.25, 0.3) is 0 Å². The van der Waals surface area contributed by atoms with Crippen molar-refractivity contribution in [1.29, 1.82) is 0 Å². The highest BCUT2D eigenvalue weighted by Crippen LogP contribution is 2.31. The molecule has 0 aliphatic carbocycles. The molecule has 0 fully saturated rings. The van der Waals surface area contributed by atoms with Crippen LogP contribution in [0, 0.1) is 0 Å². The lowest BCUT2D eigenvalue weighted by Crippen LogP contribution is -2.25. The molecule has 1 N–H and O–H groups in total. The van der Waals surface area contributed by atoms with Crippen LogP contribution in [0.4, 0.5) is 11.4 Å². The van der Waals surface area contributed by atoms with E-state index < -0.39 is 0 Å². The number of carbonyl (C=O) groups is 1. The fourth-order valence-corrected chi connectivity index (χ4v) is 3.01. The predicted molar refractivity (Wildman–Crippen MR) is 93.1 cm³/mol. The molecule has 0 saturated carbocycles. The summed E-state index contributed by atoms with van der Waals surface area (Å²) in [5.74, 6) is 1.46. The maximum Gasteiger partial charge on any atom is 0.248 e. The van der Waals surface area contributed by atoms with E-state index in [9.17, 15) is 4.79 Å². The normalized spacial score (nSPS) is 14.5. The van der Waals surface area contributed by atoms with Gasteiger partial charge in [0, 0.05) is 31.3 Å². The number of carbonyl (C=O) groups excluding carboxylic acids is 1. The molecule has 1 aromatic carbocycles. The number of hydrogen-bond donors (Lipinski definition) is 1. The molecule has 0 unspecified atom stereocenters. The SMILES string of the molecule is CCCCc1noc([C@@H](C)Nc2ccc3c(c2)CCN3C(C)=O)n1. The molecule has 0 radical (unpaired) electrons. The van der Waals surface area contributed by atoms with E-state index in [0.29, 0.717) is 5.89 Å². The Balaban J connectivity index is 1.68. The van der Waals surface area contributed by atoms with E-state index in [2.05, 4.69) is 28.4 Å². The van der Waals surface area contributed by atoms with Gasteiger partial charge in [-0.3, -0.25) is 4.79 Å². The molecule has 1 atom stereocenters. The van der Waals surface area contributed by atoms with Crippen LogP contribution in [-0.2, 0) is 17.6 Å². The van der Waals surface area contributed by atoms with Gasteiger partial charge in [-0.1, -0.05) is 18.5 Å². The second-order valence-corrected chi connectivity index (χ2v) is 6.28. The zero-order chi connectivity index (χ0) is 17.1. The van der Waals surface area contributed by atoms with Gasteiger partial charge in [-0.25, -0.2) is 0 Å². The van der Waals surface area contributed by atoms with Gasteiger partial charge in [-0.2, -0.15) is 4.98 Å². The number of hydrogen-bond acceptors (Lipinski definition) is 5. The monoisotopic (exact) mass is 328 g/mol. The van der Waals surface area contributed by atoms with Crippen molar-refractivity contribution in [3.63, 3.8) is 0 Å². The van der Waals surface area contributed by atoms with Crippen LogP contribution in [-0.4, -0.2) is 22.6 Å². The molecule has 6 heteroatoms. The average molecular weight is 328 g/mol. The average Bonchev–Trinajstić information content (AvgIpc) is 3.19. The molecule has 24 heavy (non-hydrogen) atoms. The fraction of sp³-hybridized carbons (Fsp3) is 0.500. The standard InChI is InChI=1S/C18H24N4O2/c1-4-5-6-17-20-18(24-21-17)12(2)19-15-7-8-16-14(11-15)9-10-22(16)13(3)23/h7-8,11-12,19H,4-6,9-10H2,1-3H3/t12-/m1/s1. The summed E-state index contributed by atoms with van der Waals surface area (Å²) in [5.41, 5.74) is 3.21. The summed E-state index contributed by atoms with van der Waals surface area (Å²) < 4.78 is 5.36. The minimum atomic E-state index is -0.0590. The van der Waals surface area contributed by atoms with Crippen LogP contribution < -0.4 is 10.2 Å². The van der Waals surface area contributed by atoms with Crippen molar-refractivity contribution in [2.24, 2.45) is 0 Å². The third-order valence-electron chi connectivity index (χ3n) is 4.35. The van der Waals surface area contributed by atoms with Gasteiger partial charge >= 0.3 is 0 Å². The van der Waals surface area contributed by atoms with Crippen LogP contribution in [0.2, 0.25) is 0 Å². The lowest BCUT2D eigenvalue weighted by Gasteiger charge is -2.16. The largest absolute Gasteiger partial charge is 0.374 e. The number of amides is 1. The number of nitrogens with zero attached hydrogens (tertiary/aromatic N) is 3. The summed E-state index contributed by atoms with van der Waals surface area (Å²) in [6, 6.07) is 6.03. The van der Waals surface area contributed by atoms with Gasteiger partial charge in [0.2, 0.25) is 11.8 Å². The number of nitrogens with one attached hydrogen (secondary N) is 1. The second kappa shape index (κ2) is 7.03. The van der Waals surface area contributed by atoms with Gasteiger partial charge in [0.05, 0.1) is 0 Å². The molecular formula is C18H24N4O2. The molecule has 1 aromatic heterocycles. The Hall–Kier alpha value is -2.37. The lowest BCUT2D eigenvalue weighted by molar-refractivity contribution is -0.116. The van der Waals surface area contributed by atoms with Gasteiger partial charge in [0.1, 0.15) is 6.04 Å². The molecule has 0 saturated heterocycles. The Bertz CT molecular complexity index is 726. The molecule has 2 heterocycles. The van der Waals surface area contributed by atoms with Crippen molar-refractivity contribution < 1.29 is 9.32 Å². The van der Waals surface area contributed by atoms with Crippen molar-refractivity contribution in [1.82, 2.24) is 10.1 Å². The van der Waals surface area contributed by atoms with E-state index in [1.54, 1.807) is 6.92 Å². The second-order valence-electron chi connectivity index (χ2n) is 6.28. The minimum absolute atomic E-state index is 0.0590. The number of fused-ring (bicyclic) bond motifs is 1. The molecule has 0 bridgehead atoms. The van der Waals surface area contributed by atoms with Gasteiger partial charge in [-0.15, -0.1) is 0 Å². The first-order valence-corrected chi connectivity index (χ1v) is 8.58. The van der Waals surface area contributed by atoms with Crippen molar-refractivity contribution in [2.75, 3.05) is 16.8 Å². The summed E-state index contributed by atoms with van der Waals surface area (Å²) in [7, 11) is 0. The molecule has 1 aliphatic heterocycles. The highest BCUT2D eigenvalue weighted by molar-refractivity contribution is 5.94. The van der Waals surface area contributed by atoms with Crippen LogP contribution in [0.1, 0.15) is 56.9 Å². The Morgan fingerprint density at radius 1 is 1.46 bits per heavy atom. The summed E-state index contributed by atoms with van der Waals surface area (Å²) in [6.45, 7) is 6.52. The molecule has 2 aromatic rings. The van der Waals surface area contributed by atoms with E-state index in [4.69, 9.17) is 4.52 Å². The van der Waals surface area contributed by atoms with Gasteiger partial charge < -0.3 is 14.7 Å². The van der Waals surface area contributed by atoms with Crippen LogP contribution in [0.5, 0.6) is 0 Å². The van der Waals surface area contributed by atoms with Gasteiger partial charge in [0.15, 0.2) is 5.82 Å². The summed E-state index contributed by atoms with van der Waals surface area (Å²) in [5, 5.41) is 7.43. The number of unbranched alkanes of at least 4 members (excludes halogenated alkanes) is 1. The maximum atomic E-state index is 11.6. The zero-order valence-corrected chi connectivity index (χ0v) is 14.5. The highest BCUT2D eigenvalue weighted by Gasteiger charge is 2.22. The summed E-state index contributed by atoms with van der Waals surface area (Å²) in [4.78, 5) is 17.9. The zero-order valence-electron chi connectivity index (χ0n) is 14.5. The van der Waals surface area contributed by atoms with E-state index in [1.165, 1.54) is 5.56 Å². The molecule has 1 aliphatic rings. The topological polar surface area (TPSA) is 71.3 Å². The number of anilines is 2. The molecular weight excluding hydrogens is 304 g/mol. The number of aryl methyl sites for hydroxylation is 1. The Labute approximate surface area is 142 Å². The number of rotatable bonds is 6.